The van der Waals surface area contributed by atoms with E-state index in [0.29, 0.717) is 3.57 Å². The number of nitrogens with zero attached hydrogens (tertiary/aromatic N) is 1. The fraction of sp³-hybridized carbons (Fsp3) is 0.385. The topological polar surface area (TPSA) is 77.8 Å². The van der Waals surface area contributed by atoms with Crippen LogP contribution in [0.15, 0.2) is 12.1 Å². The molecule has 0 radical (unpaired) electrons. The molecule has 0 bridgehead atoms. The molecule has 0 saturated heterocycles. The molecule has 1 aromatic carbocycles. The van der Waals surface area contributed by atoms with Gasteiger partial charge < -0.3 is 15.1 Å². The molecule has 20 heavy (non-hydrogen) atoms. The molecule has 0 unspecified atom stereocenters. The van der Waals surface area contributed by atoms with Gasteiger partial charge in [0.05, 0.1) is 9.13 Å². The number of carboxylic acids is 1. The maximum atomic E-state index is 12.5. The number of benzene rings is 1. The van der Waals surface area contributed by atoms with Crippen LogP contribution in [0, 0.1) is 7.14 Å². The first-order valence-corrected chi connectivity index (χ1v) is 8.02. The summed E-state index contributed by atoms with van der Waals surface area (Å²) in [5.74, 6) is -1.70. The van der Waals surface area contributed by atoms with E-state index in [9.17, 15) is 19.8 Å². The van der Waals surface area contributed by atoms with Gasteiger partial charge in [-0.15, -0.1) is 0 Å². The van der Waals surface area contributed by atoms with Gasteiger partial charge >= 0.3 is 5.97 Å². The number of amides is 1. The lowest BCUT2D eigenvalue weighted by Crippen LogP contribution is -2.52. The predicted molar refractivity (Wildman–Crippen MR) is 92.0 cm³/mol. The van der Waals surface area contributed by atoms with Crippen molar-refractivity contribution in [3.05, 3.63) is 24.8 Å². The third-order valence-corrected chi connectivity index (χ3v) is 4.46. The lowest BCUT2D eigenvalue weighted by Gasteiger charge is -2.34. The van der Waals surface area contributed by atoms with Gasteiger partial charge in [0.1, 0.15) is 11.3 Å². The van der Waals surface area contributed by atoms with Gasteiger partial charge in [0.15, 0.2) is 0 Å². The Labute approximate surface area is 144 Å². The summed E-state index contributed by atoms with van der Waals surface area (Å²) in [4.78, 5) is 25.1. The van der Waals surface area contributed by atoms with E-state index in [1.165, 1.54) is 18.7 Å². The maximum absolute atomic E-state index is 12.5. The van der Waals surface area contributed by atoms with Crippen molar-refractivity contribution in [3.63, 3.8) is 0 Å². The lowest BCUT2D eigenvalue weighted by atomic mass is 10.0. The molecule has 0 aromatic heterocycles. The van der Waals surface area contributed by atoms with Crippen LogP contribution in [0.2, 0.25) is 0 Å². The Balaban J connectivity index is 3.33. The van der Waals surface area contributed by atoms with E-state index in [4.69, 9.17) is 0 Å². The maximum Gasteiger partial charge on any atom is 0.329 e. The first-order valence-electron chi connectivity index (χ1n) is 5.86. The number of phenols is 1. The fourth-order valence-corrected chi connectivity index (χ4v) is 3.63. The summed E-state index contributed by atoms with van der Waals surface area (Å²) in [6.45, 7) is 4.87. The van der Waals surface area contributed by atoms with Crippen molar-refractivity contribution in [2.45, 2.75) is 26.3 Å². The van der Waals surface area contributed by atoms with E-state index < -0.39 is 17.4 Å². The molecule has 0 fully saturated rings. The molecule has 5 nitrogen and oxygen atoms in total. The Hall–Kier alpha value is -0.580. The number of aromatic hydroxyl groups is 1. The van der Waals surface area contributed by atoms with Gasteiger partial charge in [0.25, 0.3) is 5.91 Å². The summed E-state index contributed by atoms with van der Waals surface area (Å²) < 4.78 is 1.36. The van der Waals surface area contributed by atoms with Gasteiger partial charge in [0, 0.05) is 10.1 Å². The summed E-state index contributed by atoms with van der Waals surface area (Å²) >= 11 is 3.98. The average molecular weight is 503 g/mol. The molecule has 0 heterocycles. The normalized spacial score (nSPS) is 11.2. The smallest absolute Gasteiger partial charge is 0.329 e. The second-order valence-corrected chi connectivity index (χ2v) is 7.11. The van der Waals surface area contributed by atoms with Crippen molar-refractivity contribution >= 4 is 57.1 Å². The molecule has 0 atom stereocenters. The number of likely N-dealkylation sites (N-methyl/N-ethyl adjacent to an activating group) is 1. The summed E-state index contributed by atoms with van der Waals surface area (Å²) in [6, 6.07) is 3.30. The highest BCUT2D eigenvalue weighted by Crippen LogP contribution is 2.29. The fourth-order valence-electron chi connectivity index (χ4n) is 1.78. The van der Waals surface area contributed by atoms with Gasteiger partial charge in [0.2, 0.25) is 0 Å². The Morgan fingerprint density at radius 2 is 1.85 bits per heavy atom. The number of carboxylic acid groups (broad SMARTS) is 1. The summed E-state index contributed by atoms with van der Waals surface area (Å²) in [6.07, 6.45) is 0. The van der Waals surface area contributed by atoms with E-state index in [1.54, 1.807) is 19.1 Å². The summed E-state index contributed by atoms with van der Waals surface area (Å²) in [5.41, 5.74) is -1.22. The quantitative estimate of drug-likeness (QED) is 0.621. The van der Waals surface area contributed by atoms with Gasteiger partial charge in [-0.2, -0.15) is 0 Å². The number of carbonyl (C=O) groups is 2. The molecular formula is C13H15I2NO4. The number of phenolic OH excluding ortho intramolecular Hbond substituents is 1. The average Bonchev–Trinajstić information content (AvgIpc) is 2.33. The Morgan fingerprint density at radius 3 is 2.30 bits per heavy atom. The van der Waals surface area contributed by atoms with Crippen molar-refractivity contribution in [2.24, 2.45) is 0 Å². The molecule has 7 heteroatoms. The van der Waals surface area contributed by atoms with Gasteiger partial charge in [-0.05, 0) is 78.1 Å². The van der Waals surface area contributed by atoms with Crippen molar-refractivity contribution < 1.29 is 19.8 Å². The van der Waals surface area contributed by atoms with Crippen LogP contribution >= 0.6 is 45.2 Å². The number of rotatable bonds is 4. The molecule has 0 aliphatic carbocycles. The Kier molecular flexibility index (Phi) is 5.64. The largest absolute Gasteiger partial charge is 0.506 e. The van der Waals surface area contributed by atoms with Crippen LogP contribution in [0.3, 0.4) is 0 Å². The van der Waals surface area contributed by atoms with Crippen molar-refractivity contribution in [1.82, 2.24) is 4.90 Å². The minimum Gasteiger partial charge on any atom is -0.506 e. The van der Waals surface area contributed by atoms with E-state index in [2.05, 4.69) is 0 Å². The molecule has 1 rings (SSSR count). The zero-order valence-electron chi connectivity index (χ0n) is 11.3. The number of aliphatic carboxylic acids is 1. The van der Waals surface area contributed by atoms with Crippen molar-refractivity contribution in [3.8, 4) is 5.75 Å². The van der Waals surface area contributed by atoms with Crippen molar-refractivity contribution in [1.29, 1.82) is 0 Å². The van der Waals surface area contributed by atoms with E-state index in [1.807, 2.05) is 45.2 Å². The third kappa shape index (κ3) is 3.35. The van der Waals surface area contributed by atoms with Crippen LogP contribution in [0.25, 0.3) is 0 Å². The highest BCUT2D eigenvalue weighted by atomic mass is 127. The van der Waals surface area contributed by atoms with Gasteiger partial charge in [-0.3, -0.25) is 4.79 Å². The molecule has 2 N–H and O–H groups in total. The zero-order chi connectivity index (χ0) is 15.7. The van der Waals surface area contributed by atoms with Crippen LogP contribution in [-0.2, 0) is 4.79 Å². The number of carbonyl (C=O) groups excluding carboxylic acids is 1. The number of hydrogen-bond donors (Lipinski definition) is 2. The molecule has 110 valence electrons. The van der Waals surface area contributed by atoms with Gasteiger partial charge in [-0.25, -0.2) is 4.79 Å². The lowest BCUT2D eigenvalue weighted by molar-refractivity contribution is -0.147. The molecule has 0 aliphatic heterocycles. The highest BCUT2D eigenvalue weighted by molar-refractivity contribution is 14.1. The van der Waals surface area contributed by atoms with E-state index >= 15 is 0 Å². The Bertz CT molecular complexity index is 558. The van der Waals surface area contributed by atoms with Crippen LogP contribution in [-0.4, -0.2) is 39.1 Å². The first-order chi connectivity index (χ1) is 9.12. The van der Waals surface area contributed by atoms with E-state index in [-0.39, 0.29) is 17.9 Å². The Morgan fingerprint density at radius 1 is 1.30 bits per heavy atom. The molecular weight excluding hydrogens is 488 g/mol. The number of hydrogen-bond acceptors (Lipinski definition) is 3. The second-order valence-electron chi connectivity index (χ2n) is 4.70. The minimum absolute atomic E-state index is 0.115. The van der Waals surface area contributed by atoms with Crippen LogP contribution in [0.1, 0.15) is 31.1 Å². The third-order valence-electron chi connectivity index (χ3n) is 3.02. The van der Waals surface area contributed by atoms with E-state index in [0.717, 1.165) is 3.57 Å². The SMILES string of the molecule is CCN(C(=O)c1cc(I)cc(I)c1O)C(C)(C)C(=O)O. The first kappa shape index (κ1) is 17.5. The van der Waals surface area contributed by atoms with Crippen LogP contribution in [0.4, 0.5) is 0 Å². The summed E-state index contributed by atoms with van der Waals surface area (Å²) in [7, 11) is 0. The molecule has 0 spiro atoms. The zero-order valence-corrected chi connectivity index (χ0v) is 15.6. The van der Waals surface area contributed by atoms with Gasteiger partial charge in [-0.1, -0.05) is 0 Å². The molecule has 1 aromatic rings. The molecule has 0 aliphatic rings. The van der Waals surface area contributed by atoms with Crippen LogP contribution in [0.5, 0.6) is 5.75 Å². The predicted octanol–water partition coefficient (Wildman–Crippen LogP) is 2.93. The summed E-state index contributed by atoms with van der Waals surface area (Å²) in [5, 5.41) is 19.3. The minimum atomic E-state index is -1.34. The van der Waals surface area contributed by atoms with Crippen molar-refractivity contribution in [2.75, 3.05) is 6.54 Å². The van der Waals surface area contributed by atoms with Crippen LogP contribution < -0.4 is 0 Å². The highest BCUT2D eigenvalue weighted by Gasteiger charge is 2.38. The monoisotopic (exact) mass is 503 g/mol. The second kappa shape index (κ2) is 6.46. The molecule has 0 saturated carbocycles. The number of halogens is 2. The standard InChI is InChI=1S/C13H15I2NO4/c1-4-16(13(2,3)12(19)20)11(18)8-5-7(14)6-9(15)10(8)17/h5-6,17H,4H2,1-3H3,(H,19,20). The molecule has 1 amide bonds.